The van der Waals surface area contributed by atoms with Gasteiger partial charge >= 0.3 is 0 Å². The largest absolute Gasteiger partial charge is 0.0843 e. The molecule has 1 unspecified atom stereocenters. The van der Waals surface area contributed by atoms with Crippen LogP contribution >= 0.6 is 0 Å². The highest BCUT2D eigenvalue weighted by Gasteiger charge is 2.49. The lowest BCUT2D eigenvalue weighted by Gasteiger charge is -2.54. The van der Waals surface area contributed by atoms with Crippen LogP contribution in [0.3, 0.4) is 0 Å². The summed E-state index contributed by atoms with van der Waals surface area (Å²) >= 11 is 0. The van der Waals surface area contributed by atoms with E-state index in [9.17, 15) is 0 Å². The van der Waals surface area contributed by atoms with Crippen LogP contribution in [0.25, 0.3) is 0 Å². The summed E-state index contributed by atoms with van der Waals surface area (Å²) in [6.45, 7) is 7.31. The van der Waals surface area contributed by atoms with E-state index in [2.05, 4.69) is 63.3 Å². The molecule has 0 N–H and O–H groups in total. The van der Waals surface area contributed by atoms with E-state index in [1.165, 1.54) is 18.4 Å². The molecule has 0 saturated heterocycles. The first-order chi connectivity index (χ1) is 8.01. The van der Waals surface area contributed by atoms with Crippen molar-refractivity contribution in [1.29, 1.82) is 0 Å². The second-order valence-corrected chi connectivity index (χ2v) is 6.84. The first-order valence-corrected chi connectivity index (χ1v) is 6.76. The average molecular weight is 226 g/mol. The summed E-state index contributed by atoms with van der Waals surface area (Å²) in [5.41, 5.74) is 2.37. The highest BCUT2D eigenvalue weighted by molar-refractivity contribution is 5.30. The molecule has 1 aromatic carbocycles. The Kier molecular flexibility index (Phi) is 2.26. The molecule has 0 aliphatic heterocycles. The van der Waals surface area contributed by atoms with Gasteiger partial charge in [-0.25, -0.2) is 0 Å². The number of allylic oxidation sites excluding steroid dienone is 2. The zero-order valence-electron chi connectivity index (χ0n) is 11.1. The Morgan fingerprint density at radius 3 is 2.35 bits per heavy atom. The molecule has 3 aliphatic rings. The van der Waals surface area contributed by atoms with Gasteiger partial charge in [-0.05, 0) is 41.1 Å². The maximum atomic E-state index is 2.49. The van der Waals surface area contributed by atoms with E-state index in [1.54, 1.807) is 0 Å². The second-order valence-electron chi connectivity index (χ2n) is 6.84. The Labute approximate surface area is 105 Å². The van der Waals surface area contributed by atoms with E-state index in [0.29, 0.717) is 16.7 Å². The van der Waals surface area contributed by atoms with Crippen molar-refractivity contribution in [3.05, 3.63) is 48.0 Å². The van der Waals surface area contributed by atoms with Crippen LogP contribution in [0.5, 0.6) is 0 Å². The number of benzene rings is 1. The third kappa shape index (κ3) is 1.66. The normalized spacial score (nSPS) is 38.3. The third-order valence-corrected chi connectivity index (χ3v) is 5.04. The van der Waals surface area contributed by atoms with Crippen molar-refractivity contribution in [3.63, 3.8) is 0 Å². The lowest BCUT2D eigenvalue weighted by molar-refractivity contribution is 0.0509. The zero-order valence-corrected chi connectivity index (χ0v) is 11.1. The molecule has 1 saturated carbocycles. The molecular weight excluding hydrogens is 204 g/mol. The number of hydrogen-bond donors (Lipinski definition) is 0. The molecule has 3 aliphatic carbocycles. The first kappa shape index (κ1) is 11.1. The third-order valence-electron chi connectivity index (χ3n) is 5.04. The maximum absolute atomic E-state index is 2.49. The molecular formula is C17H22. The molecule has 90 valence electrons. The maximum Gasteiger partial charge on any atom is -0.00674 e. The fourth-order valence-electron chi connectivity index (χ4n) is 4.13. The molecule has 4 rings (SSSR count). The summed E-state index contributed by atoms with van der Waals surface area (Å²) in [4.78, 5) is 0. The lowest BCUT2D eigenvalue weighted by Crippen LogP contribution is -2.44. The smallest absolute Gasteiger partial charge is 0.00674 e. The molecule has 1 aromatic rings. The van der Waals surface area contributed by atoms with Crippen LogP contribution in [0.1, 0.15) is 45.1 Å². The molecule has 0 spiro atoms. The van der Waals surface area contributed by atoms with Gasteiger partial charge < -0.3 is 0 Å². The Morgan fingerprint density at radius 2 is 1.76 bits per heavy atom. The molecule has 2 bridgehead atoms. The summed E-state index contributed by atoms with van der Waals surface area (Å²) in [6, 6.07) is 11.1. The van der Waals surface area contributed by atoms with Crippen LogP contribution in [0, 0.1) is 16.7 Å². The minimum atomic E-state index is 0.361. The van der Waals surface area contributed by atoms with Crippen LogP contribution in [0.2, 0.25) is 0 Å². The number of hydrogen-bond acceptors (Lipinski definition) is 0. The quantitative estimate of drug-likeness (QED) is 0.604. The summed E-state index contributed by atoms with van der Waals surface area (Å²) < 4.78 is 0. The van der Waals surface area contributed by atoms with E-state index in [1.807, 2.05) is 0 Å². The first-order valence-electron chi connectivity index (χ1n) is 6.76. The van der Waals surface area contributed by atoms with Crippen molar-refractivity contribution < 1.29 is 0 Å². The summed E-state index contributed by atoms with van der Waals surface area (Å²) in [5.74, 6) is 1.47. The van der Waals surface area contributed by atoms with Crippen LogP contribution < -0.4 is 0 Å². The molecule has 0 heterocycles. The van der Waals surface area contributed by atoms with E-state index in [0.717, 1.165) is 5.92 Å². The highest BCUT2D eigenvalue weighted by Crippen LogP contribution is 2.60. The van der Waals surface area contributed by atoms with Crippen molar-refractivity contribution in [3.8, 4) is 0 Å². The fraction of sp³-hybridized carbons (Fsp3) is 0.529. The monoisotopic (exact) mass is 226 g/mol. The molecule has 3 atom stereocenters. The molecule has 1 fully saturated rings. The van der Waals surface area contributed by atoms with E-state index < -0.39 is 0 Å². The van der Waals surface area contributed by atoms with Gasteiger partial charge in [0.05, 0.1) is 0 Å². The predicted molar refractivity (Wildman–Crippen MR) is 72.9 cm³/mol. The van der Waals surface area contributed by atoms with E-state index >= 15 is 0 Å². The van der Waals surface area contributed by atoms with Crippen LogP contribution in [0.4, 0.5) is 0 Å². The Bertz CT molecular complexity index is 440. The van der Waals surface area contributed by atoms with Gasteiger partial charge in [0.25, 0.3) is 0 Å². The number of rotatable bonds is 1. The minimum absolute atomic E-state index is 0.361. The van der Waals surface area contributed by atoms with Gasteiger partial charge in [0, 0.05) is 0 Å². The molecule has 0 heteroatoms. The highest BCUT2D eigenvalue weighted by atomic mass is 14.5. The van der Waals surface area contributed by atoms with Gasteiger partial charge in [0.2, 0.25) is 0 Å². The van der Waals surface area contributed by atoms with Crippen molar-refractivity contribution in [2.45, 2.75) is 39.5 Å². The predicted octanol–water partition coefficient (Wildman–Crippen LogP) is 4.78. The van der Waals surface area contributed by atoms with E-state index in [4.69, 9.17) is 0 Å². The fourth-order valence-corrected chi connectivity index (χ4v) is 4.13. The van der Waals surface area contributed by atoms with Gasteiger partial charge in [0.15, 0.2) is 0 Å². The zero-order chi connectivity index (χ0) is 12.1. The van der Waals surface area contributed by atoms with Crippen LogP contribution in [0.15, 0.2) is 42.5 Å². The van der Waals surface area contributed by atoms with Gasteiger partial charge in [0.1, 0.15) is 0 Å². The Balaban J connectivity index is 2.00. The standard InChI is InChI=1S/C17H22/c1-16(2)12-17(3)10-9-14(16)11-15(17)13-7-5-4-6-8-13/h4-10,14-15H,11-12H2,1-3H3/t14?,15-,17-/m1/s1. The minimum Gasteiger partial charge on any atom is -0.0843 e. The van der Waals surface area contributed by atoms with Crippen molar-refractivity contribution in [1.82, 2.24) is 0 Å². The lowest BCUT2D eigenvalue weighted by atomic mass is 9.50. The van der Waals surface area contributed by atoms with Gasteiger partial charge in [-0.1, -0.05) is 63.3 Å². The van der Waals surface area contributed by atoms with E-state index in [-0.39, 0.29) is 0 Å². The summed E-state index contributed by atoms with van der Waals surface area (Å²) in [6.07, 6.45) is 7.61. The Hall–Kier alpha value is -1.04. The molecule has 0 nitrogen and oxygen atoms in total. The molecule has 0 radical (unpaired) electrons. The van der Waals surface area contributed by atoms with Gasteiger partial charge in [-0.15, -0.1) is 0 Å². The average Bonchev–Trinajstić information content (AvgIpc) is 2.28. The SMILES string of the molecule is CC1(C)C[C@@]2(C)C=CC1C[C@@H]2c1ccccc1. The van der Waals surface area contributed by atoms with Crippen molar-refractivity contribution in [2.75, 3.05) is 0 Å². The topological polar surface area (TPSA) is 0 Å². The molecule has 17 heavy (non-hydrogen) atoms. The Morgan fingerprint density at radius 1 is 1.06 bits per heavy atom. The van der Waals surface area contributed by atoms with Gasteiger partial charge in [-0.3, -0.25) is 0 Å². The van der Waals surface area contributed by atoms with Crippen LogP contribution in [-0.2, 0) is 0 Å². The second kappa shape index (κ2) is 3.48. The van der Waals surface area contributed by atoms with Crippen LogP contribution in [-0.4, -0.2) is 0 Å². The molecule has 0 aromatic heterocycles. The van der Waals surface area contributed by atoms with Crippen molar-refractivity contribution in [2.24, 2.45) is 16.7 Å². The van der Waals surface area contributed by atoms with Crippen molar-refractivity contribution >= 4 is 0 Å². The summed E-state index contributed by atoms with van der Waals surface area (Å²) in [5, 5.41) is 0. The molecule has 0 amide bonds. The number of fused-ring (bicyclic) bond motifs is 2. The van der Waals surface area contributed by atoms with Gasteiger partial charge in [-0.2, -0.15) is 0 Å². The summed E-state index contributed by atoms with van der Waals surface area (Å²) in [7, 11) is 0.